The molecule has 0 radical (unpaired) electrons. The highest BCUT2D eigenvalue weighted by atomic mass is 16.5. The largest absolute Gasteiger partial charge is 0.482 e. The van der Waals surface area contributed by atoms with Crippen molar-refractivity contribution in [2.75, 3.05) is 33.3 Å². The highest BCUT2D eigenvalue weighted by Crippen LogP contribution is 2.27. The Morgan fingerprint density at radius 2 is 2.07 bits per heavy atom. The first-order chi connectivity index (χ1) is 13.1. The molecule has 3 rings (SSSR count). The second-order valence-corrected chi connectivity index (χ2v) is 6.86. The fourth-order valence-electron chi connectivity index (χ4n) is 3.41. The maximum absolute atomic E-state index is 10.9. The summed E-state index contributed by atoms with van der Waals surface area (Å²) in [4.78, 5) is 24.3. The van der Waals surface area contributed by atoms with Crippen LogP contribution in [0.5, 0.6) is 5.75 Å². The van der Waals surface area contributed by atoms with Crippen molar-refractivity contribution in [3.8, 4) is 17.1 Å². The summed E-state index contributed by atoms with van der Waals surface area (Å²) in [5.41, 5.74) is 1.86. The van der Waals surface area contributed by atoms with Crippen LogP contribution >= 0.6 is 0 Å². The Morgan fingerprint density at radius 3 is 2.78 bits per heavy atom. The first-order valence-corrected chi connectivity index (χ1v) is 9.24. The Hall–Kier alpha value is -2.51. The number of ether oxygens (including phenoxy) is 1. The van der Waals surface area contributed by atoms with Crippen molar-refractivity contribution in [1.29, 1.82) is 0 Å². The second-order valence-electron chi connectivity index (χ2n) is 6.86. The van der Waals surface area contributed by atoms with E-state index in [4.69, 9.17) is 9.84 Å². The predicted molar refractivity (Wildman–Crippen MR) is 103 cm³/mol. The van der Waals surface area contributed by atoms with Gasteiger partial charge in [0.15, 0.2) is 12.4 Å². The van der Waals surface area contributed by atoms with E-state index >= 15 is 0 Å². The van der Waals surface area contributed by atoms with Crippen LogP contribution in [0, 0.1) is 0 Å². The smallest absolute Gasteiger partial charge is 0.341 e. The third-order valence-electron chi connectivity index (χ3n) is 4.96. The van der Waals surface area contributed by atoms with E-state index in [0.29, 0.717) is 24.2 Å². The standard InChI is InChI=1S/C20H26N4O3/c1-3-17-13-24(10-9-23(17)2)12-16-11-15(20-21-7-4-8-22-20)5-6-18(16)27-14-19(25)26/h4-8,11,17H,3,9-10,12-14H2,1-2H3,(H,25,26)/t17-/m1/s1. The van der Waals surface area contributed by atoms with E-state index < -0.39 is 5.97 Å². The molecule has 1 aliphatic rings. The fraction of sp³-hybridized carbons (Fsp3) is 0.450. The van der Waals surface area contributed by atoms with E-state index in [2.05, 4.69) is 33.7 Å². The normalized spacial score (nSPS) is 18.4. The number of aliphatic carboxylic acids is 1. The maximum Gasteiger partial charge on any atom is 0.341 e. The van der Waals surface area contributed by atoms with Crippen LogP contribution in [0.15, 0.2) is 36.7 Å². The van der Waals surface area contributed by atoms with Crippen LogP contribution in [-0.4, -0.2) is 70.2 Å². The molecule has 0 spiro atoms. The number of hydrogen-bond acceptors (Lipinski definition) is 6. The van der Waals surface area contributed by atoms with Gasteiger partial charge in [-0.15, -0.1) is 0 Å². The highest BCUT2D eigenvalue weighted by Gasteiger charge is 2.24. The second kappa shape index (κ2) is 8.92. The summed E-state index contributed by atoms with van der Waals surface area (Å²) in [5.74, 6) is 0.263. The van der Waals surface area contributed by atoms with E-state index in [0.717, 1.165) is 37.2 Å². The molecule has 27 heavy (non-hydrogen) atoms. The Bertz CT molecular complexity index is 769. The lowest BCUT2D eigenvalue weighted by Gasteiger charge is -2.39. The van der Waals surface area contributed by atoms with Crippen LogP contribution in [0.2, 0.25) is 0 Å². The van der Waals surface area contributed by atoms with Crippen LogP contribution in [0.1, 0.15) is 18.9 Å². The molecule has 144 valence electrons. The fourth-order valence-corrected chi connectivity index (χ4v) is 3.41. The minimum Gasteiger partial charge on any atom is -0.482 e. The van der Waals surface area contributed by atoms with Crippen molar-refractivity contribution in [2.24, 2.45) is 0 Å². The van der Waals surface area contributed by atoms with Crippen LogP contribution < -0.4 is 4.74 Å². The van der Waals surface area contributed by atoms with Gasteiger partial charge in [0, 0.05) is 55.7 Å². The molecule has 1 saturated heterocycles. The minimum atomic E-state index is -0.984. The topological polar surface area (TPSA) is 78.8 Å². The minimum absolute atomic E-state index is 0.353. The van der Waals surface area contributed by atoms with Gasteiger partial charge in [-0.1, -0.05) is 6.92 Å². The highest BCUT2D eigenvalue weighted by molar-refractivity contribution is 5.68. The molecule has 0 aliphatic carbocycles. The number of likely N-dealkylation sites (N-methyl/N-ethyl adjacent to an activating group) is 1. The number of carboxylic acids is 1. The van der Waals surface area contributed by atoms with Crippen LogP contribution in [0.4, 0.5) is 0 Å². The van der Waals surface area contributed by atoms with Gasteiger partial charge in [-0.2, -0.15) is 0 Å². The summed E-state index contributed by atoms with van der Waals surface area (Å²) in [6.45, 7) is 5.54. The number of hydrogen-bond donors (Lipinski definition) is 1. The summed E-state index contributed by atoms with van der Waals surface area (Å²) in [5, 5.41) is 8.95. The Morgan fingerprint density at radius 1 is 1.30 bits per heavy atom. The van der Waals surface area contributed by atoms with Crippen LogP contribution in [0.3, 0.4) is 0 Å². The number of rotatable bonds is 7. The molecule has 0 saturated carbocycles. The van der Waals surface area contributed by atoms with E-state index in [9.17, 15) is 4.79 Å². The van der Waals surface area contributed by atoms with Gasteiger partial charge in [0.1, 0.15) is 5.75 Å². The van der Waals surface area contributed by atoms with Gasteiger partial charge in [0.2, 0.25) is 0 Å². The molecule has 1 N–H and O–H groups in total. The first-order valence-electron chi connectivity index (χ1n) is 9.24. The van der Waals surface area contributed by atoms with Gasteiger partial charge >= 0.3 is 5.97 Å². The Kier molecular flexibility index (Phi) is 6.36. The number of benzene rings is 1. The number of aromatic nitrogens is 2. The lowest BCUT2D eigenvalue weighted by Crippen LogP contribution is -2.50. The molecule has 1 aromatic heterocycles. The SMILES string of the molecule is CC[C@@H]1CN(Cc2cc(-c3ncccn3)ccc2OCC(=O)O)CCN1C. The Labute approximate surface area is 159 Å². The molecular weight excluding hydrogens is 344 g/mol. The van der Waals surface area contributed by atoms with Crippen molar-refractivity contribution in [3.63, 3.8) is 0 Å². The van der Waals surface area contributed by atoms with E-state index in [1.165, 1.54) is 0 Å². The van der Waals surface area contributed by atoms with Crippen molar-refractivity contribution in [2.45, 2.75) is 25.9 Å². The van der Waals surface area contributed by atoms with Crippen molar-refractivity contribution >= 4 is 5.97 Å². The number of nitrogens with zero attached hydrogens (tertiary/aromatic N) is 4. The van der Waals surface area contributed by atoms with Crippen LogP contribution in [-0.2, 0) is 11.3 Å². The Balaban J connectivity index is 1.84. The van der Waals surface area contributed by atoms with Gasteiger partial charge in [-0.05, 0) is 37.7 Å². The quantitative estimate of drug-likeness (QED) is 0.800. The van der Waals surface area contributed by atoms with Gasteiger partial charge in [-0.25, -0.2) is 14.8 Å². The van der Waals surface area contributed by atoms with E-state index in [1.54, 1.807) is 18.5 Å². The third kappa shape index (κ3) is 5.02. The number of carboxylic acid groups (broad SMARTS) is 1. The van der Waals surface area contributed by atoms with E-state index in [1.807, 2.05) is 18.2 Å². The summed E-state index contributed by atoms with van der Waals surface area (Å²) < 4.78 is 5.53. The molecule has 7 heteroatoms. The predicted octanol–water partition coefficient (Wildman–Crippen LogP) is 2.13. The number of carbonyl (C=O) groups is 1. The molecule has 2 aromatic rings. The summed E-state index contributed by atoms with van der Waals surface area (Å²) in [6, 6.07) is 8.00. The average molecular weight is 370 g/mol. The lowest BCUT2D eigenvalue weighted by atomic mass is 10.1. The molecule has 1 atom stereocenters. The molecule has 1 aromatic carbocycles. The van der Waals surface area contributed by atoms with Gasteiger partial charge in [0.25, 0.3) is 0 Å². The third-order valence-corrected chi connectivity index (χ3v) is 4.96. The van der Waals surface area contributed by atoms with Gasteiger partial charge < -0.3 is 14.7 Å². The maximum atomic E-state index is 10.9. The van der Waals surface area contributed by atoms with Gasteiger partial charge in [-0.3, -0.25) is 4.90 Å². The van der Waals surface area contributed by atoms with Crippen molar-refractivity contribution < 1.29 is 14.6 Å². The van der Waals surface area contributed by atoms with Crippen molar-refractivity contribution in [3.05, 3.63) is 42.2 Å². The molecule has 0 unspecified atom stereocenters. The molecule has 2 heterocycles. The molecule has 1 fully saturated rings. The van der Waals surface area contributed by atoms with E-state index in [-0.39, 0.29) is 6.61 Å². The zero-order valence-corrected chi connectivity index (χ0v) is 15.8. The van der Waals surface area contributed by atoms with Gasteiger partial charge in [0.05, 0.1) is 0 Å². The monoisotopic (exact) mass is 370 g/mol. The average Bonchev–Trinajstić information content (AvgIpc) is 2.69. The van der Waals surface area contributed by atoms with Crippen molar-refractivity contribution in [1.82, 2.24) is 19.8 Å². The molecule has 7 nitrogen and oxygen atoms in total. The van der Waals surface area contributed by atoms with Crippen LogP contribution in [0.25, 0.3) is 11.4 Å². The summed E-state index contributed by atoms with van der Waals surface area (Å²) in [6.07, 6.45) is 4.53. The molecule has 1 aliphatic heterocycles. The first kappa shape index (κ1) is 19.3. The molecule has 0 amide bonds. The summed E-state index contributed by atoms with van der Waals surface area (Å²) >= 11 is 0. The molecule has 0 bridgehead atoms. The zero-order valence-electron chi connectivity index (χ0n) is 15.8. The zero-order chi connectivity index (χ0) is 19.2. The lowest BCUT2D eigenvalue weighted by molar-refractivity contribution is -0.139. The molecular formula is C20H26N4O3. The number of piperazine rings is 1. The summed E-state index contributed by atoms with van der Waals surface area (Å²) in [7, 11) is 2.17.